The first kappa shape index (κ1) is 15.4. The summed E-state index contributed by atoms with van der Waals surface area (Å²) in [5, 5.41) is 9.05. The van der Waals surface area contributed by atoms with Crippen LogP contribution in [0, 0.1) is 5.92 Å². The summed E-state index contributed by atoms with van der Waals surface area (Å²) in [6.07, 6.45) is 3.50. The van der Waals surface area contributed by atoms with Crippen LogP contribution in [0.1, 0.15) is 46.5 Å². The van der Waals surface area contributed by atoms with E-state index in [0.29, 0.717) is 18.9 Å². The van der Waals surface area contributed by atoms with Gasteiger partial charge in [0.2, 0.25) is 0 Å². The molecule has 0 aromatic carbocycles. The van der Waals surface area contributed by atoms with E-state index in [0.717, 1.165) is 38.9 Å². The minimum atomic E-state index is -0.378. The molecular weight excluding hydrogens is 230 g/mol. The molecule has 1 heterocycles. The normalized spacial score (nSPS) is 18.9. The van der Waals surface area contributed by atoms with Gasteiger partial charge in [-0.05, 0) is 65.6 Å². The molecule has 0 atom stereocenters. The predicted molar refractivity (Wildman–Crippen MR) is 71.3 cm³/mol. The molecule has 1 rings (SSSR count). The number of hydrogen-bond donors (Lipinski definition) is 1. The van der Waals surface area contributed by atoms with Crippen LogP contribution in [0.3, 0.4) is 0 Å². The van der Waals surface area contributed by atoms with Crippen molar-refractivity contribution in [2.45, 2.75) is 52.1 Å². The van der Waals surface area contributed by atoms with Crippen molar-refractivity contribution in [1.82, 2.24) is 4.90 Å². The third-order valence-electron chi connectivity index (χ3n) is 3.24. The van der Waals surface area contributed by atoms with Gasteiger partial charge in [0.05, 0.1) is 0 Å². The van der Waals surface area contributed by atoms with Gasteiger partial charge in [0, 0.05) is 13.0 Å². The third kappa shape index (κ3) is 6.36. The van der Waals surface area contributed by atoms with E-state index in [1.54, 1.807) is 0 Å². The molecule has 4 heteroatoms. The molecule has 0 amide bonds. The average molecular weight is 257 g/mol. The van der Waals surface area contributed by atoms with Crippen molar-refractivity contribution in [3.63, 3.8) is 0 Å². The molecule has 1 saturated heterocycles. The van der Waals surface area contributed by atoms with Gasteiger partial charge in [-0.2, -0.15) is 0 Å². The van der Waals surface area contributed by atoms with E-state index in [2.05, 4.69) is 4.90 Å². The first-order chi connectivity index (χ1) is 8.40. The number of piperidine rings is 1. The number of nitrogens with zero attached hydrogens (tertiary/aromatic N) is 1. The van der Waals surface area contributed by atoms with Gasteiger partial charge in [-0.3, -0.25) is 4.79 Å². The number of likely N-dealkylation sites (tertiary alicyclic amines) is 1. The van der Waals surface area contributed by atoms with Crippen LogP contribution in [0.4, 0.5) is 0 Å². The van der Waals surface area contributed by atoms with E-state index in [1.165, 1.54) is 0 Å². The molecule has 18 heavy (non-hydrogen) atoms. The van der Waals surface area contributed by atoms with Gasteiger partial charge in [0.25, 0.3) is 0 Å². The smallest absolute Gasteiger partial charge is 0.306 e. The van der Waals surface area contributed by atoms with E-state index in [9.17, 15) is 4.79 Å². The van der Waals surface area contributed by atoms with Crippen molar-refractivity contribution in [3.8, 4) is 0 Å². The van der Waals surface area contributed by atoms with Gasteiger partial charge in [-0.25, -0.2) is 0 Å². The van der Waals surface area contributed by atoms with Crippen LogP contribution in [0.15, 0.2) is 0 Å². The number of aliphatic hydroxyl groups excluding tert-OH is 1. The van der Waals surface area contributed by atoms with Gasteiger partial charge in [0.1, 0.15) is 5.60 Å². The Balaban J connectivity index is 2.10. The molecule has 0 aromatic rings. The summed E-state index contributed by atoms with van der Waals surface area (Å²) in [7, 11) is 0. The number of rotatable bonds is 5. The molecule has 0 aliphatic carbocycles. The summed E-state index contributed by atoms with van der Waals surface area (Å²) < 4.78 is 5.27. The van der Waals surface area contributed by atoms with Crippen molar-refractivity contribution in [3.05, 3.63) is 0 Å². The maximum atomic E-state index is 11.5. The number of carbonyl (C=O) groups excluding carboxylic acids is 1. The Bertz CT molecular complexity index is 252. The summed E-state index contributed by atoms with van der Waals surface area (Å²) in [6.45, 7) is 9.03. The van der Waals surface area contributed by atoms with Gasteiger partial charge in [0.15, 0.2) is 0 Å². The van der Waals surface area contributed by atoms with E-state index in [-0.39, 0.29) is 11.6 Å². The van der Waals surface area contributed by atoms with E-state index in [1.807, 2.05) is 20.8 Å². The number of carbonyl (C=O) groups is 1. The van der Waals surface area contributed by atoms with Gasteiger partial charge in [-0.15, -0.1) is 0 Å². The maximum Gasteiger partial charge on any atom is 0.306 e. The zero-order chi connectivity index (χ0) is 13.6. The van der Waals surface area contributed by atoms with Gasteiger partial charge in [-0.1, -0.05) is 0 Å². The van der Waals surface area contributed by atoms with Gasteiger partial charge < -0.3 is 14.7 Å². The van der Waals surface area contributed by atoms with Crippen LogP contribution in [0.2, 0.25) is 0 Å². The maximum absolute atomic E-state index is 11.5. The standard InChI is InChI=1S/C14H27NO3/c1-14(2,3)18-13(17)5-4-8-15-9-6-12(11-16)7-10-15/h12,16H,4-11H2,1-3H3. The van der Waals surface area contributed by atoms with Crippen molar-refractivity contribution < 1.29 is 14.6 Å². The SMILES string of the molecule is CC(C)(C)OC(=O)CCCN1CCC(CO)CC1. The first-order valence-corrected chi connectivity index (χ1v) is 6.96. The minimum Gasteiger partial charge on any atom is -0.460 e. The average Bonchev–Trinajstić information content (AvgIpc) is 2.27. The molecular formula is C14H27NO3. The Morgan fingerprint density at radius 1 is 1.33 bits per heavy atom. The Morgan fingerprint density at radius 2 is 1.94 bits per heavy atom. The Labute approximate surface area is 110 Å². The van der Waals surface area contributed by atoms with Crippen LogP contribution >= 0.6 is 0 Å². The van der Waals surface area contributed by atoms with Crippen molar-refractivity contribution in [1.29, 1.82) is 0 Å². The monoisotopic (exact) mass is 257 g/mol. The van der Waals surface area contributed by atoms with Crippen LogP contribution < -0.4 is 0 Å². The molecule has 1 aliphatic heterocycles. The number of ether oxygens (including phenoxy) is 1. The fourth-order valence-corrected chi connectivity index (χ4v) is 2.23. The molecule has 4 nitrogen and oxygen atoms in total. The Kier molecular flexibility index (Phi) is 6.09. The van der Waals surface area contributed by atoms with Crippen LogP contribution in [0.25, 0.3) is 0 Å². The number of esters is 1. The highest BCUT2D eigenvalue weighted by Crippen LogP contribution is 2.17. The fourth-order valence-electron chi connectivity index (χ4n) is 2.23. The molecule has 0 aromatic heterocycles. The Morgan fingerprint density at radius 3 is 2.44 bits per heavy atom. The summed E-state index contributed by atoms with van der Waals surface area (Å²) in [4.78, 5) is 13.9. The minimum absolute atomic E-state index is 0.104. The largest absolute Gasteiger partial charge is 0.460 e. The topological polar surface area (TPSA) is 49.8 Å². The zero-order valence-electron chi connectivity index (χ0n) is 11.9. The lowest BCUT2D eigenvalue weighted by atomic mass is 9.98. The van der Waals surface area contributed by atoms with E-state index < -0.39 is 0 Å². The molecule has 1 fully saturated rings. The molecule has 0 unspecified atom stereocenters. The van der Waals surface area contributed by atoms with Crippen LogP contribution in [-0.2, 0) is 9.53 Å². The lowest BCUT2D eigenvalue weighted by molar-refractivity contribution is -0.155. The van der Waals surface area contributed by atoms with Crippen LogP contribution in [0.5, 0.6) is 0 Å². The Hall–Kier alpha value is -0.610. The molecule has 0 saturated carbocycles. The number of aliphatic hydroxyl groups is 1. The van der Waals surface area contributed by atoms with E-state index in [4.69, 9.17) is 9.84 Å². The second-order valence-corrected chi connectivity index (χ2v) is 6.16. The quantitative estimate of drug-likeness (QED) is 0.763. The molecule has 0 spiro atoms. The fraction of sp³-hybridized carbons (Fsp3) is 0.929. The highest BCUT2D eigenvalue weighted by atomic mass is 16.6. The summed E-state index contributed by atoms with van der Waals surface area (Å²) in [5.41, 5.74) is -0.378. The van der Waals surface area contributed by atoms with Gasteiger partial charge >= 0.3 is 5.97 Å². The lowest BCUT2D eigenvalue weighted by Crippen LogP contribution is -2.35. The van der Waals surface area contributed by atoms with Crippen molar-refractivity contribution >= 4 is 5.97 Å². The zero-order valence-corrected chi connectivity index (χ0v) is 11.9. The predicted octanol–water partition coefficient (Wildman–Crippen LogP) is 1.81. The summed E-state index contributed by atoms with van der Waals surface area (Å²) >= 11 is 0. The highest BCUT2D eigenvalue weighted by Gasteiger charge is 2.19. The molecule has 106 valence electrons. The molecule has 0 bridgehead atoms. The molecule has 1 N–H and O–H groups in total. The highest BCUT2D eigenvalue weighted by molar-refractivity contribution is 5.69. The molecule has 0 radical (unpaired) electrons. The van der Waals surface area contributed by atoms with E-state index >= 15 is 0 Å². The van der Waals surface area contributed by atoms with Crippen molar-refractivity contribution in [2.75, 3.05) is 26.2 Å². The summed E-state index contributed by atoms with van der Waals surface area (Å²) in [5.74, 6) is 0.375. The number of hydrogen-bond acceptors (Lipinski definition) is 4. The molecule has 1 aliphatic rings. The third-order valence-corrected chi connectivity index (χ3v) is 3.24. The first-order valence-electron chi connectivity index (χ1n) is 6.96. The van der Waals surface area contributed by atoms with Crippen molar-refractivity contribution in [2.24, 2.45) is 5.92 Å². The second-order valence-electron chi connectivity index (χ2n) is 6.16. The second kappa shape index (κ2) is 7.10. The summed E-state index contributed by atoms with van der Waals surface area (Å²) in [6, 6.07) is 0. The van der Waals surface area contributed by atoms with Crippen LogP contribution in [-0.4, -0.2) is 47.8 Å². The lowest BCUT2D eigenvalue weighted by Gasteiger charge is -2.30.